The minimum absolute atomic E-state index is 0.775. The largest absolute Gasteiger partial charge is 0.350 e. The van der Waals surface area contributed by atoms with E-state index in [-0.39, 0.29) is 0 Å². The summed E-state index contributed by atoms with van der Waals surface area (Å²) in [6.45, 7) is 1.12. The summed E-state index contributed by atoms with van der Waals surface area (Å²) in [7, 11) is 0. The van der Waals surface area contributed by atoms with E-state index < -0.39 is 0 Å². The van der Waals surface area contributed by atoms with Crippen molar-refractivity contribution in [1.82, 2.24) is 10.3 Å². The molecule has 0 atom stereocenters. The molecule has 0 unspecified atom stereocenters. The summed E-state index contributed by atoms with van der Waals surface area (Å²) in [5.41, 5.74) is 1.24. The van der Waals surface area contributed by atoms with Gasteiger partial charge in [0.15, 0.2) is 0 Å². The van der Waals surface area contributed by atoms with Crippen molar-refractivity contribution < 1.29 is 0 Å². The lowest BCUT2D eigenvalue weighted by Gasteiger charge is -2.22. The van der Waals surface area contributed by atoms with Crippen molar-refractivity contribution in [3.05, 3.63) is 30.3 Å². The molecule has 0 amide bonds. The van der Waals surface area contributed by atoms with Gasteiger partial charge in [0.25, 0.3) is 0 Å². The highest BCUT2D eigenvalue weighted by molar-refractivity contribution is 7.99. The fraction of sp³-hybridized carbons (Fsp3) is 0.500. The van der Waals surface area contributed by atoms with Crippen LogP contribution in [-0.4, -0.2) is 23.3 Å². The summed E-state index contributed by atoms with van der Waals surface area (Å²) in [6.07, 6.45) is 7.00. The molecule has 1 fully saturated rings. The van der Waals surface area contributed by atoms with Crippen LogP contribution in [0.25, 0.3) is 10.9 Å². The molecule has 0 aliphatic heterocycles. The lowest BCUT2D eigenvalue weighted by molar-refractivity contribution is 0.381. The van der Waals surface area contributed by atoms with E-state index in [1.165, 1.54) is 48.0 Å². The molecule has 0 saturated heterocycles. The van der Waals surface area contributed by atoms with Gasteiger partial charge in [0.1, 0.15) is 0 Å². The average molecular weight is 274 g/mol. The Hall–Kier alpha value is -0.930. The van der Waals surface area contributed by atoms with Crippen LogP contribution in [0, 0.1) is 0 Å². The molecule has 1 aliphatic rings. The molecule has 1 aliphatic carbocycles. The lowest BCUT2D eigenvalue weighted by atomic mass is 9.96. The molecular formula is C16H22N2S. The number of H-pyrrole nitrogens is 1. The van der Waals surface area contributed by atoms with Gasteiger partial charge in [0.2, 0.25) is 0 Å². The van der Waals surface area contributed by atoms with Gasteiger partial charge in [-0.25, -0.2) is 0 Å². The van der Waals surface area contributed by atoms with Crippen LogP contribution >= 0.6 is 11.8 Å². The molecule has 3 rings (SSSR count). The quantitative estimate of drug-likeness (QED) is 0.632. The minimum atomic E-state index is 0.775. The Kier molecular flexibility index (Phi) is 4.46. The minimum Gasteiger partial charge on any atom is -0.350 e. The second kappa shape index (κ2) is 6.49. The van der Waals surface area contributed by atoms with Gasteiger partial charge in [0, 0.05) is 29.2 Å². The predicted molar refractivity (Wildman–Crippen MR) is 83.9 cm³/mol. The standard InChI is InChI=1S/C16H22N2S/c1-2-7-14(8-3-1)17-10-11-19-16-12-13-6-4-5-9-15(13)18-16/h4-6,9,12,14,17-18H,1-3,7-8,10-11H2. The molecule has 0 radical (unpaired) electrons. The van der Waals surface area contributed by atoms with E-state index in [0.29, 0.717) is 0 Å². The summed E-state index contributed by atoms with van der Waals surface area (Å²) in [4.78, 5) is 3.47. The van der Waals surface area contributed by atoms with E-state index >= 15 is 0 Å². The third-order valence-corrected chi connectivity index (χ3v) is 4.84. The van der Waals surface area contributed by atoms with Crippen molar-refractivity contribution in [1.29, 1.82) is 0 Å². The molecule has 1 aromatic carbocycles. The van der Waals surface area contributed by atoms with Crippen LogP contribution < -0.4 is 5.32 Å². The van der Waals surface area contributed by atoms with Crippen molar-refractivity contribution in [2.45, 2.75) is 43.2 Å². The number of aromatic nitrogens is 1. The fourth-order valence-electron chi connectivity index (χ4n) is 2.86. The van der Waals surface area contributed by atoms with Crippen LogP contribution in [0.3, 0.4) is 0 Å². The second-order valence-corrected chi connectivity index (χ2v) is 6.50. The first kappa shape index (κ1) is 13.1. The number of nitrogens with one attached hydrogen (secondary N) is 2. The molecule has 102 valence electrons. The van der Waals surface area contributed by atoms with Crippen molar-refractivity contribution in [2.24, 2.45) is 0 Å². The predicted octanol–water partition coefficient (Wildman–Crippen LogP) is 4.18. The molecule has 2 nitrogen and oxygen atoms in total. The maximum atomic E-state index is 3.69. The van der Waals surface area contributed by atoms with Gasteiger partial charge in [0.05, 0.1) is 5.03 Å². The van der Waals surface area contributed by atoms with Gasteiger partial charge in [-0.3, -0.25) is 0 Å². The maximum Gasteiger partial charge on any atom is 0.0732 e. The lowest BCUT2D eigenvalue weighted by Crippen LogP contribution is -2.32. The highest BCUT2D eigenvalue weighted by Gasteiger charge is 2.11. The van der Waals surface area contributed by atoms with Crippen molar-refractivity contribution >= 4 is 22.7 Å². The van der Waals surface area contributed by atoms with E-state index in [1.54, 1.807) is 0 Å². The zero-order valence-corrected chi connectivity index (χ0v) is 12.1. The third kappa shape index (κ3) is 3.54. The number of thioether (sulfide) groups is 1. The van der Waals surface area contributed by atoms with Crippen LogP contribution in [0.1, 0.15) is 32.1 Å². The third-order valence-electron chi connectivity index (χ3n) is 3.90. The number of hydrogen-bond donors (Lipinski definition) is 2. The fourth-order valence-corrected chi connectivity index (χ4v) is 3.69. The molecule has 0 spiro atoms. The first-order chi connectivity index (χ1) is 9.42. The van der Waals surface area contributed by atoms with E-state index in [1.807, 2.05) is 11.8 Å². The number of fused-ring (bicyclic) bond motifs is 1. The Balaban J connectivity index is 1.44. The van der Waals surface area contributed by atoms with Crippen LogP contribution in [0.2, 0.25) is 0 Å². The Bertz CT molecular complexity index is 481. The summed E-state index contributed by atoms with van der Waals surface area (Å²) in [6, 6.07) is 11.5. The van der Waals surface area contributed by atoms with E-state index in [2.05, 4.69) is 40.6 Å². The molecule has 2 N–H and O–H groups in total. The molecule has 0 bridgehead atoms. The Morgan fingerprint density at radius 3 is 2.84 bits per heavy atom. The van der Waals surface area contributed by atoms with Gasteiger partial charge in [-0.15, -0.1) is 11.8 Å². The molecule has 1 heterocycles. The smallest absolute Gasteiger partial charge is 0.0732 e. The van der Waals surface area contributed by atoms with Gasteiger partial charge in [-0.2, -0.15) is 0 Å². The zero-order chi connectivity index (χ0) is 12.9. The molecule has 3 heteroatoms. The molecule has 19 heavy (non-hydrogen) atoms. The van der Waals surface area contributed by atoms with Crippen molar-refractivity contribution in [3.63, 3.8) is 0 Å². The zero-order valence-electron chi connectivity index (χ0n) is 11.3. The van der Waals surface area contributed by atoms with E-state index in [0.717, 1.165) is 18.3 Å². The highest BCUT2D eigenvalue weighted by Crippen LogP contribution is 2.23. The van der Waals surface area contributed by atoms with Gasteiger partial charge in [-0.05, 0) is 25.0 Å². The summed E-state index contributed by atoms with van der Waals surface area (Å²) >= 11 is 1.92. The first-order valence-corrected chi connectivity index (χ1v) is 8.34. The SMILES string of the molecule is c1ccc2[nH]c(SCCNC3CCCCC3)cc2c1. The molecule has 1 saturated carbocycles. The van der Waals surface area contributed by atoms with Gasteiger partial charge >= 0.3 is 0 Å². The Labute approximate surface area is 119 Å². The van der Waals surface area contributed by atoms with Crippen molar-refractivity contribution in [3.8, 4) is 0 Å². The van der Waals surface area contributed by atoms with Crippen LogP contribution in [0.4, 0.5) is 0 Å². The van der Waals surface area contributed by atoms with Crippen LogP contribution in [0.5, 0.6) is 0 Å². The number of aromatic amines is 1. The van der Waals surface area contributed by atoms with E-state index in [4.69, 9.17) is 0 Å². The number of rotatable bonds is 5. The summed E-state index contributed by atoms with van der Waals surface area (Å²) in [5.74, 6) is 1.14. The normalized spacial score (nSPS) is 17.1. The van der Waals surface area contributed by atoms with Crippen LogP contribution in [0.15, 0.2) is 35.4 Å². The molecule has 2 aromatic rings. The summed E-state index contributed by atoms with van der Waals surface area (Å²) < 4.78 is 0. The van der Waals surface area contributed by atoms with Gasteiger partial charge < -0.3 is 10.3 Å². The molecular weight excluding hydrogens is 252 g/mol. The number of benzene rings is 1. The first-order valence-electron chi connectivity index (χ1n) is 7.36. The van der Waals surface area contributed by atoms with Crippen LogP contribution in [-0.2, 0) is 0 Å². The highest BCUT2D eigenvalue weighted by atomic mass is 32.2. The van der Waals surface area contributed by atoms with Gasteiger partial charge in [-0.1, -0.05) is 37.5 Å². The monoisotopic (exact) mass is 274 g/mol. The Morgan fingerprint density at radius 2 is 2.00 bits per heavy atom. The Morgan fingerprint density at radius 1 is 1.16 bits per heavy atom. The average Bonchev–Trinajstić information content (AvgIpc) is 2.87. The number of para-hydroxylation sites is 1. The molecule has 1 aromatic heterocycles. The maximum absolute atomic E-state index is 3.69. The van der Waals surface area contributed by atoms with E-state index in [9.17, 15) is 0 Å². The van der Waals surface area contributed by atoms with Crippen molar-refractivity contribution in [2.75, 3.05) is 12.3 Å². The topological polar surface area (TPSA) is 27.8 Å². The number of hydrogen-bond acceptors (Lipinski definition) is 2. The summed E-state index contributed by atoms with van der Waals surface area (Å²) in [5, 5.41) is 6.29. The second-order valence-electron chi connectivity index (χ2n) is 5.36.